The van der Waals surface area contributed by atoms with Crippen LogP contribution >= 0.6 is 0 Å². The smallest absolute Gasteiger partial charge is 0.336 e. The largest absolute Gasteiger partial charge is 0.478 e. The van der Waals surface area contributed by atoms with Gasteiger partial charge in [0.15, 0.2) is 0 Å². The molecule has 0 aliphatic carbocycles. The topological polar surface area (TPSA) is 162 Å². The Labute approximate surface area is 273 Å². The van der Waals surface area contributed by atoms with Crippen molar-refractivity contribution in [2.75, 3.05) is 0 Å². The van der Waals surface area contributed by atoms with Crippen molar-refractivity contribution in [2.24, 2.45) is 0 Å². The molecule has 0 unspecified atom stereocenters. The second kappa shape index (κ2) is 12.9. The minimum absolute atomic E-state index is 0.302. The van der Waals surface area contributed by atoms with Crippen LogP contribution in [0.4, 0.5) is 0 Å². The van der Waals surface area contributed by atoms with E-state index < -0.39 is 23.9 Å². The number of benzene rings is 5. The SMILES string of the molecule is O=C(O)c1ccc(-c2cccc(-c3cc(-c4ccccc4)cc(-c4cccc(-c5ccc(C(=O)O)c(C(=O)O)c5)c4)n3)c2)cc1C(=O)O. The summed E-state index contributed by atoms with van der Waals surface area (Å²) in [5.74, 6) is -5.34. The van der Waals surface area contributed by atoms with Crippen LogP contribution < -0.4 is 0 Å². The standard InChI is InChI=1S/C39H25NO8/c41-36(42)30-14-12-25(18-32(30)38(45)46)23-8-4-10-27(16-23)34-20-29(22-6-2-1-3-7-22)21-35(40-34)28-11-5-9-24(17-28)26-13-15-31(37(43)44)33(19-26)39(47)48/h1-21H,(H,41,42)(H,43,44)(H,45,46)(H,47,48). The first kappa shape index (κ1) is 31.1. The van der Waals surface area contributed by atoms with Crippen LogP contribution in [-0.2, 0) is 0 Å². The molecule has 234 valence electrons. The molecule has 0 aliphatic heterocycles. The van der Waals surface area contributed by atoms with Crippen LogP contribution in [0.25, 0.3) is 55.9 Å². The molecule has 0 spiro atoms. The highest BCUT2D eigenvalue weighted by Crippen LogP contribution is 2.34. The zero-order valence-electron chi connectivity index (χ0n) is 25.0. The van der Waals surface area contributed by atoms with Crippen molar-refractivity contribution in [3.05, 3.63) is 150 Å². The molecule has 0 saturated carbocycles. The second-order valence-electron chi connectivity index (χ2n) is 10.9. The minimum Gasteiger partial charge on any atom is -0.478 e. The van der Waals surface area contributed by atoms with Gasteiger partial charge in [-0.15, -0.1) is 0 Å². The zero-order chi connectivity index (χ0) is 33.9. The number of hydrogen-bond acceptors (Lipinski definition) is 5. The molecular weight excluding hydrogens is 610 g/mol. The quantitative estimate of drug-likeness (QED) is 0.123. The number of aromatic nitrogens is 1. The van der Waals surface area contributed by atoms with Crippen molar-refractivity contribution in [2.45, 2.75) is 0 Å². The molecule has 6 aromatic rings. The fourth-order valence-electron chi connectivity index (χ4n) is 5.51. The molecule has 0 aliphatic rings. The van der Waals surface area contributed by atoms with Gasteiger partial charge in [-0.1, -0.05) is 78.9 Å². The summed E-state index contributed by atoms with van der Waals surface area (Å²) >= 11 is 0. The molecule has 5 aromatic carbocycles. The fourth-order valence-corrected chi connectivity index (χ4v) is 5.51. The zero-order valence-corrected chi connectivity index (χ0v) is 25.0. The molecule has 9 heteroatoms. The van der Waals surface area contributed by atoms with E-state index in [4.69, 9.17) is 4.98 Å². The van der Waals surface area contributed by atoms with E-state index in [0.29, 0.717) is 33.6 Å². The Morgan fingerprint density at radius 2 is 0.708 bits per heavy atom. The summed E-state index contributed by atoms with van der Waals surface area (Å²) in [7, 11) is 0. The Morgan fingerprint density at radius 1 is 0.333 bits per heavy atom. The number of aromatic carboxylic acids is 4. The highest BCUT2D eigenvalue weighted by Gasteiger charge is 2.19. The molecule has 0 bridgehead atoms. The molecule has 0 saturated heterocycles. The average Bonchev–Trinajstić information content (AvgIpc) is 3.11. The first-order chi connectivity index (χ1) is 23.1. The van der Waals surface area contributed by atoms with Gasteiger partial charge < -0.3 is 20.4 Å². The van der Waals surface area contributed by atoms with Gasteiger partial charge in [0.2, 0.25) is 0 Å². The molecule has 0 atom stereocenters. The van der Waals surface area contributed by atoms with Crippen molar-refractivity contribution >= 4 is 23.9 Å². The predicted octanol–water partition coefficient (Wildman–Crippen LogP) is 8.21. The van der Waals surface area contributed by atoms with Crippen LogP contribution in [0.5, 0.6) is 0 Å². The van der Waals surface area contributed by atoms with Crippen molar-refractivity contribution in [3.8, 4) is 55.9 Å². The summed E-state index contributed by atoms with van der Waals surface area (Å²) in [6, 6.07) is 36.7. The lowest BCUT2D eigenvalue weighted by Crippen LogP contribution is -2.08. The van der Waals surface area contributed by atoms with Crippen molar-refractivity contribution in [1.29, 1.82) is 0 Å². The van der Waals surface area contributed by atoms with Gasteiger partial charge in [-0.05, 0) is 81.9 Å². The van der Waals surface area contributed by atoms with E-state index in [-0.39, 0.29) is 22.3 Å². The third-order valence-electron chi connectivity index (χ3n) is 7.88. The van der Waals surface area contributed by atoms with E-state index in [0.717, 1.165) is 22.3 Å². The van der Waals surface area contributed by atoms with Gasteiger partial charge in [-0.2, -0.15) is 0 Å². The van der Waals surface area contributed by atoms with Crippen LogP contribution in [0.1, 0.15) is 41.4 Å². The van der Waals surface area contributed by atoms with Gasteiger partial charge in [0.25, 0.3) is 0 Å². The summed E-state index contributed by atoms with van der Waals surface area (Å²) in [6.45, 7) is 0. The van der Waals surface area contributed by atoms with Crippen LogP contribution in [0, 0.1) is 0 Å². The number of carboxylic acid groups (broad SMARTS) is 4. The lowest BCUT2D eigenvalue weighted by molar-refractivity contribution is 0.0651. The number of carbonyl (C=O) groups is 4. The predicted molar refractivity (Wildman–Crippen MR) is 179 cm³/mol. The highest BCUT2D eigenvalue weighted by atomic mass is 16.4. The lowest BCUT2D eigenvalue weighted by atomic mass is 9.95. The molecule has 4 N–H and O–H groups in total. The molecule has 0 radical (unpaired) electrons. The molecule has 9 nitrogen and oxygen atoms in total. The monoisotopic (exact) mass is 635 g/mol. The summed E-state index contributed by atoms with van der Waals surface area (Å²) in [5, 5.41) is 38.2. The van der Waals surface area contributed by atoms with E-state index in [1.165, 1.54) is 24.3 Å². The van der Waals surface area contributed by atoms with Gasteiger partial charge in [0.05, 0.1) is 33.6 Å². The third kappa shape index (κ3) is 6.29. The Kier molecular flexibility index (Phi) is 8.34. The maximum absolute atomic E-state index is 11.8. The first-order valence-corrected chi connectivity index (χ1v) is 14.6. The Morgan fingerprint density at radius 3 is 1.12 bits per heavy atom. The van der Waals surface area contributed by atoms with Gasteiger partial charge in [-0.25, -0.2) is 24.2 Å². The van der Waals surface area contributed by atoms with Crippen LogP contribution in [0.15, 0.2) is 127 Å². The number of rotatable bonds is 9. The second-order valence-corrected chi connectivity index (χ2v) is 10.9. The summed E-state index contributed by atoms with van der Waals surface area (Å²) in [5.41, 5.74) is 5.70. The molecule has 0 fully saturated rings. The molecule has 1 aromatic heterocycles. The number of pyridine rings is 1. The molecule has 0 amide bonds. The van der Waals surface area contributed by atoms with Crippen LogP contribution in [-0.4, -0.2) is 49.3 Å². The van der Waals surface area contributed by atoms with Gasteiger partial charge in [0.1, 0.15) is 0 Å². The van der Waals surface area contributed by atoms with Gasteiger partial charge in [-0.3, -0.25) is 0 Å². The van der Waals surface area contributed by atoms with Gasteiger partial charge in [0, 0.05) is 11.1 Å². The van der Waals surface area contributed by atoms with E-state index in [1.54, 1.807) is 24.3 Å². The van der Waals surface area contributed by atoms with Crippen LogP contribution in [0.3, 0.4) is 0 Å². The molecule has 6 rings (SSSR count). The number of hydrogen-bond donors (Lipinski definition) is 4. The average molecular weight is 636 g/mol. The maximum Gasteiger partial charge on any atom is 0.336 e. The van der Waals surface area contributed by atoms with Crippen LogP contribution in [0.2, 0.25) is 0 Å². The van der Waals surface area contributed by atoms with Gasteiger partial charge >= 0.3 is 23.9 Å². The van der Waals surface area contributed by atoms with Crippen molar-refractivity contribution < 1.29 is 39.6 Å². The molecular formula is C39H25NO8. The maximum atomic E-state index is 11.8. The summed E-state index contributed by atoms with van der Waals surface area (Å²) in [6.07, 6.45) is 0. The molecule has 48 heavy (non-hydrogen) atoms. The summed E-state index contributed by atoms with van der Waals surface area (Å²) in [4.78, 5) is 51.8. The Hall–Kier alpha value is -6.87. The van der Waals surface area contributed by atoms with Crippen molar-refractivity contribution in [3.63, 3.8) is 0 Å². The summed E-state index contributed by atoms with van der Waals surface area (Å²) < 4.78 is 0. The fraction of sp³-hybridized carbons (Fsp3) is 0. The normalized spacial score (nSPS) is 10.8. The number of carboxylic acids is 4. The van der Waals surface area contributed by atoms with E-state index in [1.807, 2.05) is 78.9 Å². The van der Waals surface area contributed by atoms with E-state index >= 15 is 0 Å². The van der Waals surface area contributed by atoms with Crippen molar-refractivity contribution in [1.82, 2.24) is 4.98 Å². The van der Waals surface area contributed by atoms with E-state index in [9.17, 15) is 39.6 Å². The first-order valence-electron chi connectivity index (χ1n) is 14.6. The Balaban J connectivity index is 1.47. The third-order valence-corrected chi connectivity index (χ3v) is 7.88. The highest BCUT2D eigenvalue weighted by molar-refractivity contribution is 6.03. The lowest BCUT2D eigenvalue weighted by Gasteiger charge is -2.13. The van der Waals surface area contributed by atoms with E-state index in [2.05, 4.69) is 0 Å². The Bertz CT molecular complexity index is 2120. The molecule has 1 heterocycles. The number of nitrogens with zero attached hydrogens (tertiary/aromatic N) is 1. The minimum atomic E-state index is -1.34.